The third-order valence-corrected chi connectivity index (χ3v) is 3.37. The molecule has 0 saturated carbocycles. The fourth-order valence-electron chi connectivity index (χ4n) is 1.90. The highest BCUT2D eigenvalue weighted by Crippen LogP contribution is 2.12. The molecule has 10 heteroatoms. The molecule has 0 atom stereocenters. The number of carbonyl (C=O) groups excluding carboxylic acids is 3. The first-order chi connectivity index (χ1) is 12.4. The Hall–Kier alpha value is -3.46. The van der Waals surface area contributed by atoms with Gasteiger partial charge in [0.15, 0.2) is 0 Å². The summed E-state index contributed by atoms with van der Waals surface area (Å²) in [6, 6.07) is 11.2. The Morgan fingerprint density at radius 2 is 1.62 bits per heavy atom. The summed E-state index contributed by atoms with van der Waals surface area (Å²) in [6.45, 7) is -0.388. The van der Waals surface area contributed by atoms with Crippen LogP contribution in [0, 0.1) is 10.1 Å². The molecule has 0 aromatic heterocycles. The maximum atomic E-state index is 11.9. The van der Waals surface area contributed by atoms with Crippen LogP contribution in [-0.2, 0) is 4.79 Å². The van der Waals surface area contributed by atoms with Crippen molar-refractivity contribution < 1.29 is 19.3 Å². The van der Waals surface area contributed by atoms with Gasteiger partial charge in [0.2, 0.25) is 0 Å². The molecule has 2 aromatic rings. The summed E-state index contributed by atoms with van der Waals surface area (Å²) in [6.07, 6.45) is 0. The van der Waals surface area contributed by atoms with Gasteiger partial charge in [-0.3, -0.25) is 35.3 Å². The highest BCUT2D eigenvalue weighted by atomic mass is 35.5. The Kier molecular flexibility index (Phi) is 6.23. The Bertz CT molecular complexity index is 871. The average molecular weight is 377 g/mol. The molecule has 26 heavy (non-hydrogen) atoms. The highest BCUT2D eigenvalue weighted by Gasteiger charge is 2.13. The van der Waals surface area contributed by atoms with Gasteiger partial charge in [-0.05, 0) is 24.3 Å². The number of hydrazine groups is 1. The van der Waals surface area contributed by atoms with Gasteiger partial charge < -0.3 is 5.32 Å². The summed E-state index contributed by atoms with van der Waals surface area (Å²) in [5.74, 6) is -1.92. The number of amides is 3. The summed E-state index contributed by atoms with van der Waals surface area (Å²) < 4.78 is 0. The second kappa shape index (κ2) is 8.58. The summed E-state index contributed by atoms with van der Waals surface area (Å²) in [5, 5.41) is 13.4. The summed E-state index contributed by atoms with van der Waals surface area (Å²) >= 11 is 5.78. The van der Waals surface area contributed by atoms with Crippen molar-refractivity contribution in [2.75, 3.05) is 6.54 Å². The van der Waals surface area contributed by atoms with E-state index in [1.54, 1.807) is 12.1 Å². The van der Waals surface area contributed by atoms with Gasteiger partial charge in [-0.2, -0.15) is 0 Å². The van der Waals surface area contributed by atoms with Crippen molar-refractivity contribution in [1.29, 1.82) is 0 Å². The van der Waals surface area contributed by atoms with Crippen molar-refractivity contribution in [3.8, 4) is 0 Å². The number of non-ortho nitro benzene ring substituents is 1. The summed E-state index contributed by atoms with van der Waals surface area (Å²) in [4.78, 5) is 45.5. The molecular formula is C16H13ClN4O5. The number of nitrogens with one attached hydrogen (secondary N) is 3. The van der Waals surface area contributed by atoms with E-state index in [2.05, 4.69) is 16.2 Å². The van der Waals surface area contributed by atoms with Crippen LogP contribution in [0.5, 0.6) is 0 Å². The van der Waals surface area contributed by atoms with E-state index in [4.69, 9.17) is 11.6 Å². The lowest BCUT2D eigenvalue weighted by molar-refractivity contribution is -0.384. The highest BCUT2D eigenvalue weighted by molar-refractivity contribution is 6.31. The summed E-state index contributed by atoms with van der Waals surface area (Å²) in [5.41, 5.74) is 4.24. The van der Waals surface area contributed by atoms with Crippen LogP contribution in [0.3, 0.4) is 0 Å². The minimum atomic E-state index is -0.733. The molecule has 0 unspecified atom stereocenters. The molecule has 0 aliphatic rings. The van der Waals surface area contributed by atoms with Gasteiger partial charge in [-0.1, -0.05) is 23.7 Å². The van der Waals surface area contributed by atoms with E-state index in [0.29, 0.717) is 5.02 Å². The molecule has 0 aliphatic carbocycles. The topological polar surface area (TPSA) is 130 Å². The molecule has 0 saturated heterocycles. The van der Waals surface area contributed by atoms with Crippen LogP contribution in [0.4, 0.5) is 5.69 Å². The first-order valence-corrected chi connectivity index (χ1v) is 7.62. The normalized spacial score (nSPS) is 9.88. The number of benzene rings is 2. The van der Waals surface area contributed by atoms with Crippen molar-refractivity contribution in [1.82, 2.24) is 16.2 Å². The molecule has 134 valence electrons. The van der Waals surface area contributed by atoms with Crippen LogP contribution in [-0.4, -0.2) is 29.2 Å². The van der Waals surface area contributed by atoms with Crippen LogP contribution < -0.4 is 16.2 Å². The van der Waals surface area contributed by atoms with E-state index in [1.807, 2.05) is 0 Å². The molecule has 0 aliphatic heterocycles. The van der Waals surface area contributed by atoms with Gasteiger partial charge in [0.25, 0.3) is 23.4 Å². The number of nitro benzene ring substituents is 1. The van der Waals surface area contributed by atoms with E-state index in [1.165, 1.54) is 30.3 Å². The fourth-order valence-corrected chi connectivity index (χ4v) is 2.09. The molecule has 2 aromatic carbocycles. The molecule has 0 bridgehead atoms. The zero-order chi connectivity index (χ0) is 19.1. The molecule has 2 rings (SSSR count). The van der Waals surface area contributed by atoms with Gasteiger partial charge in [0.05, 0.1) is 11.5 Å². The molecule has 3 amide bonds. The Morgan fingerprint density at radius 3 is 2.27 bits per heavy atom. The third-order valence-electron chi connectivity index (χ3n) is 3.13. The lowest BCUT2D eigenvalue weighted by Gasteiger charge is -2.08. The molecule has 3 N–H and O–H groups in total. The number of nitro groups is 1. The maximum Gasteiger partial charge on any atom is 0.270 e. The largest absolute Gasteiger partial charge is 0.343 e. The van der Waals surface area contributed by atoms with Crippen molar-refractivity contribution in [3.05, 3.63) is 74.8 Å². The maximum absolute atomic E-state index is 11.9. The average Bonchev–Trinajstić information content (AvgIpc) is 2.64. The van der Waals surface area contributed by atoms with Crippen LogP contribution >= 0.6 is 11.6 Å². The number of hydrogen-bond acceptors (Lipinski definition) is 5. The number of carbonyl (C=O) groups is 3. The monoisotopic (exact) mass is 376 g/mol. The van der Waals surface area contributed by atoms with E-state index in [0.717, 1.165) is 6.07 Å². The molecule has 0 radical (unpaired) electrons. The van der Waals surface area contributed by atoms with Crippen LogP contribution in [0.25, 0.3) is 0 Å². The Morgan fingerprint density at radius 1 is 0.962 bits per heavy atom. The smallest absolute Gasteiger partial charge is 0.270 e. The van der Waals surface area contributed by atoms with Crippen molar-refractivity contribution in [3.63, 3.8) is 0 Å². The lowest BCUT2D eigenvalue weighted by Crippen LogP contribution is -2.46. The van der Waals surface area contributed by atoms with E-state index >= 15 is 0 Å². The van der Waals surface area contributed by atoms with Crippen molar-refractivity contribution >= 4 is 35.0 Å². The fraction of sp³-hybridized carbons (Fsp3) is 0.0625. The standard InChI is InChI=1S/C16H13ClN4O5/c17-12-5-1-3-10(7-12)15(23)18-9-14(22)19-20-16(24)11-4-2-6-13(8-11)21(25)26/h1-8H,9H2,(H,18,23)(H,19,22)(H,20,24). The van der Waals surface area contributed by atoms with Gasteiger partial charge in [0.1, 0.15) is 0 Å². The number of halogens is 1. The van der Waals surface area contributed by atoms with Gasteiger partial charge in [-0.15, -0.1) is 0 Å². The quantitative estimate of drug-likeness (QED) is 0.537. The zero-order valence-electron chi connectivity index (χ0n) is 13.2. The van der Waals surface area contributed by atoms with Crippen molar-refractivity contribution in [2.45, 2.75) is 0 Å². The first kappa shape index (κ1) is 18.9. The van der Waals surface area contributed by atoms with E-state index in [9.17, 15) is 24.5 Å². The molecular weight excluding hydrogens is 364 g/mol. The second-order valence-corrected chi connectivity index (χ2v) is 5.44. The minimum absolute atomic E-state index is 0.00228. The second-order valence-electron chi connectivity index (χ2n) is 5.00. The predicted octanol–water partition coefficient (Wildman–Crippen LogP) is 1.44. The first-order valence-electron chi connectivity index (χ1n) is 7.24. The minimum Gasteiger partial charge on any atom is -0.343 e. The number of nitrogens with zero attached hydrogens (tertiary/aromatic N) is 1. The SMILES string of the molecule is O=C(CNC(=O)c1cccc(Cl)c1)NNC(=O)c1cccc([N+](=O)[O-])c1. The summed E-state index contributed by atoms with van der Waals surface area (Å²) in [7, 11) is 0. The van der Waals surface area contributed by atoms with Crippen LogP contribution in [0.2, 0.25) is 5.02 Å². The van der Waals surface area contributed by atoms with Gasteiger partial charge in [0, 0.05) is 28.3 Å². The van der Waals surface area contributed by atoms with Crippen LogP contribution in [0.15, 0.2) is 48.5 Å². The third kappa shape index (κ3) is 5.28. The number of hydrogen-bond donors (Lipinski definition) is 3. The Labute approximate surface area is 152 Å². The van der Waals surface area contributed by atoms with Gasteiger partial charge in [-0.25, -0.2) is 0 Å². The van der Waals surface area contributed by atoms with Crippen molar-refractivity contribution in [2.24, 2.45) is 0 Å². The molecule has 0 spiro atoms. The Balaban J connectivity index is 1.83. The molecule has 9 nitrogen and oxygen atoms in total. The van der Waals surface area contributed by atoms with E-state index in [-0.39, 0.29) is 23.4 Å². The van der Waals surface area contributed by atoms with Crippen LogP contribution in [0.1, 0.15) is 20.7 Å². The molecule has 0 fully saturated rings. The molecule has 0 heterocycles. The zero-order valence-corrected chi connectivity index (χ0v) is 13.9. The number of rotatable bonds is 5. The van der Waals surface area contributed by atoms with E-state index < -0.39 is 22.6 Å². The van der Waals surface area contributed by atoms with Gasteiger partial charge >= 0.3 is 0 Å². The predicted molar refractivity (Wildman–Crippen MR) is 92.5 cm³/mol. The lowest BCUT2D eigenvalue weighted by atomic mass is 10.2.